The van der Waals surface area contributed by atoms with Gasteiger partial charge < -0.3 is 25.8 Å². The van der Waals surface area contributed by atoms with Crippen LogP contribution in [-0.2, 0) is 6.18 Å². The van der Waals surface area contributed by atoms with Crippen LogP contribution in [0.25, 0.3) is 22.2 Å². The Morgan fingerprint density at radius 3 is 2.41 bits per heavy atom. The summed E-state index contributed by atoms with van der Waals surface area (Å²) in [7, 11) is 2.81. The Balaban J connectivity index is 1.94. The van der Waals surface area contributed by atoms with Gasteiger partial charge in [-0.15, -0.1) is 0 Å². The third-order valence-corrected chi connectivity index (χ3v) is 7.02. The number of aromatic nitrogens is 3. The van der Waals surface area contributed by atoms with Crippen LogP contribution < -0.4 is 25.8 Å². The van der Waals surface area contributed by atoms with Gasteiger partial charge in [0.1, 0.15) is 28.2 Å². The number of nitrogens with zero attached hydrogens (tertiary/aromatic N) is 3. The highest BCUT2D eigenvalue weighted by Crippen LogP contribution is 2.52. The lowest BCUT2D eigenvalue weighted by atomic mass is 9.93. The first kappa shape index (κ1) is 30.5. The predicted octanol–water partition coefficient (Wildman–Crippen LogP) is 6.43. The molecule has 0 radical (unpaired) electrons. The van der Waals surface area contributed by atoms with Gasteiger partial charge in [0.05, 0.1) is 24.5 Å². The van der Waals surface area contributed by atoms with Crippen LogP contribution in [0.15, 0.2) is 6.07 Å². The summed E-state index contributed by atoms with van der Waals surface area (Å²) in [6.45, 7) is 6.67. The summed E-state index contributed by atoms with van der Waals surface area (Å²) in [5.41, 5.74) is 1.65. The molecular formula is C28H35F5N6O2. The summed E-state index contributed by atoms with van der Waals surface area (Å²) in [6.07, 6.45) is -2.21. The second-order valence-electron chi connectivity index (χ2n) is 10.4. The first-order valence-corrected chi connectivity index (χ1v) is 13.6. The topological polar surface area (TPSA) is 107 Å². The third-order valence-electron chi connectivity index (χ3n) is 7.02. The van der Waals surface area contributed by atoms with Crippen LogP contribution in [0.2, 0.25) is 0 Å². The molecule has 1 aliphatic rings. The summed E-state index contributed by atoms with van der Waals surface area (Å²) < 4.78 is 86.0. The fourth-order valence-corrected chi connectivity index (χ4v) is 4.95. The van der Waals surface area contributed by atoms with Crippen molar-refractivity contribution in [2.24, 2.45) is 0 Å². The van der Waals surface area contributed by atoms with Gasteiger partial charge in [0.15, 0.2) is 5.82 Å². The van der Waals surface area contributed by atoms with Gasteiger partial charge in [-0.3, -0.25) is 0 Å². The Bertz CT molecular complexity index is 1410. The number of fused-ring (bicyclic) bond motifs is 1. The fraction of sp³-hybridized carbons (Fsp3) is 0.536. The number of nitrogen functional groups attached to an aromatic ring is 1. The van der Waals surface area contributed by atoms with E-state index in [1.165, 1.54) is 14.2 Å². The van der Waals surface area contributed by atoms with Gasteiger partial charge in [-0.25, -0.2) is 13.8 Å². The maximum Gasteiger partial charge on any atom is 0.417 e. The van der Waals surface area contributed by atoms with Crippen LogP contribution in [0.1, 0.15) is 69.9 Å². The van der Waals surface area contributed by atoms with Crippen molar-refractivity contribution in [2.75, 3.05) is 31.8 Å². The zero-order chi connectivity index (χ0) is 30.1. The number of hydrogen-bond acceptors (Lipinski definition) is 8. The average Bonchev–Trinajstić information content (AvgIpc) is 3.75. The van der Waals surface area contributed by atoms with Crippen molar-refractivity contribution >= 4 is 22.4 Å². The molecule has 13 heteroatoms. The van der Waals surface area contributed by atoms with E-state index in [4.69, 9.17) is 15.2 Å². The molecule has 41 heavy (non-hydrogen) atoms. The number of methoxy groups -OCH3 is 1. The Labute approximate surface area is 235 Å². The monoisotopic (exact) mass is 582 g/mol. The summed E-state index contributed by atoms with van der Waals surface area (Å²) in [5.74, 6) is -3.07. The lowest BCUT2D eigenvalue weighted by Gasteiger charge is -2.23. The number of pyridine rings is 1. The molecule has 2 unspecified atom stereocenters. The molecule has 224 valence electrons. The van der Waals surface area contributed by atoms with E-state index in [9.17, 15) is 17.6 Å². The van der Waals surface area contributed by atoms with E-state index in [0.717, 1.165) is 25.5 Å². The maximum absolute atomic E-state index is 16.2. The molecule has 0 spiro atoms. The quantitative estimate of drug-likeness (QED) is 0.127. The van der Waals surface area contributed by atoms with Crippen LogP contribution in [0.5, 0.6) is 11.9 Å². The first-order chi connectivity index (χ1) is 19.4. The van der Waals surface area contributed by atoms with E-state index in [-0.39, 0.29) is 34.7 Å². The molecule has 1 saturated carbocycles. The molecule has 4 rings (SSSR count). The van der Waals surface area contributed by atoms with E-state index in [1.54, 1.807) is 6.92 Å². The summed E-state index contributed by atoms with van der Waals surface area (Å²) in [4.78, 5) is 12.6. The Morgan fingerprint density at radius 1 is 1.12 bits per heavy atom. The van der Waals surface area contributed by atoms with Crippen LogP contribution in [0.4, 0.5) is 33.5 Å². The van der Waals surface area contributed by atoms with Crippen LogP contribution in [0.3, 0.4) is 0 Å². The molecule has 0 amide bonds. The summed E-state index contributed by atoms with van der Waals surface area (Å²) in [5, 5.41) is 6.24. The van der Waals surface area contributed by atoms with Crippen molar-refractivity contribution in [3.8, 4) is 23.1 Å². The summed E-state index contributed by atoms with van der Waals surface area (Å²) >= 11 is 0. The number of nitrogens with one attached hydrogen (secondary N) is 2. The number of rotatable bonds is 12. The van der Waals surface area contributed by atoms with Crippen molar-refractivity contribution in [3.63, 3.8) is 0 Å². The molecule has 0 bridgehead atoms. The van der Waals surface area contributed by atoms with Crippen LogP contribution in [-0.4, -0.2) is 47.8 Å². The largest absolute Gasteiger partial charge is 0.474 e. The third kappa shape index (κ3) is 6.39. The molecule has 1 fully saturated rings. The fourth-order valence-electron chi connectivity index (χ4n) is 4.95. The average molecular weight is 583 g/mol. The Hall–Kier alpha value is -3.48. The lowest BCUT2D eigenvalue weighted by molar-refractivity contribution is -0.137. The van der Waals surface area contributed by atoms with E-state index in [2.05, 4.69) is 32.5 Å². The Kier molecular flexibility index (Phi) is 9.05. The maximum atomic E-state index is 16.2. The SMILES string of the molecule is CCCCNC(C)CC(C)Oc1nc(-c2cc(N)c(F)c(C3CC3)c2C(F)(F)F)c(F)c2nc(OC)nc(NC)c12. The first-order valence-electron chi connectivity index (χ1n) is 13.6. The molecule has 1 aliphatic carbocycles. The van der Waals surface area contributed by atoms with E-state index < -0.39 is 57.9 Å². The van der Waals surface area contributed by atoms with Gasteiger partial charge in [-0.05, 0) is 58.1 Å². The number of hydrogen-bond donors (Lipinski definition) is 3. The number of anilines is 2. The second kappa shape index (κ2) is 12.2. The van der Waals surface area contributed by atoms with Crippen molar-refractivity contribution in [1.82, 2.24) is 20.3 Å². The number of nitrogens with two attached hydrogens (primary N) is 1. The summed E-state index contributed by atoms with van der Waals surface area (Å²) in [6, 6.07) is 0.600. The second-order valence-corrected chi connectivity index (χ2v) is 10.4. The van der Waals surface area contributed by atoms with Gasteiger partial charge in [0.2, 0.25) is 5.88 Å². The molecule has 8 nitrogen and oxygen atoms in total. The normalized spacial score (nSPS) is 15.2. The molecular weight excluding hydrogens is 547 g/mol. The van der Waals surface area contributed by atoms with Gasteiger partial charge in [-0.1, -0.05) is 13.3 Å². The number of alkyl halides is 3. The minimum atomic E-state index is -5.02. The molecule has 2 atom stereocenters. The molecule has 0 saturated heterocycles. The number of halogens is 5. The zero-order valence-electron chi connectivity index (χ0n) is 23.7. The lowest BCUT2D eigenvalue weighted by Crippen LogP contribution is -2.32. The van der Waals surface area contributed by atoms with Gasteiger partial charge >= 0.3 is 12.2 Å². The highest BCUT2D eigenvalue weighted by atomic mass is 19.4. The van der Waals surface area contributed by atoms with Gasteiger partial charge in [0, 0.05) is 24.2 Å². The molecule has 2 heterocycles. The van der Waals surface area contributed by atoms with Gasteiger partial charge in [-0.2, -0.15) is 23.1 Å². The van der Waals surface area contributed by atoms with Crippen molar-refractivity contribution < 1.29 is 31.4 Å². The minimum Gasteiger partial charge on any atom is -0.474 e. The Morgan fingerprint density at radius 2 is 1.83 bits per heavy atom. The molecule has 3 aromatic rings. The van der Waals surface area contributed by atoms with E-state index in [0.29, 0.717) is 19.3 Å². The number of benzene rings is 1. The minimum absolute atomic E-state index is 0.0269. The molecule has 1 aromatic carbocycles. The molecule has 4 N–H and O–H groups in total. The van der Waals surface area contributed by atoms with E-state index >= 15 is 4.39 Å². The van der Waals surface area contributed by atoms with Crippen molar-refractivity contribution in [2.45, 2.75) is 77.1 Å². The molecule has 0 aliphatic heterocycles. The van der Waals surface area contributed by atoms with Crippen molar-refractivity contribution in [1.29, 1.82) is 0 Å². The number of unbranched alkanes of at least 4 members (excludes halogenated alkanes) is 1. The zero-order valence-corrected chi connectivity index (χ0v) is 23.7. The number of ether oxygens (including phenoxy) is 2. The van der Waals surface area contributed by atoms with E-state index in [1.807, 2.05) is 6.92 Å². The molecule has 2 aromatic heterocycles. The van der Waals surface area contributed by atoms with Gasteiger partial charge in [0.25, 0.3) is 0 Å². The van der Waals surface area contributed by atoms with Crippen molar-refractivity contribution in [3.05, 3.63) is 28.8 Å². The highest BCUT2D eigenvalue weighted by Gasteiger charge is 2.44. The van der Waals surface area contributed by atoms with Crippen LogP contribution in [0, 0.1) is 11.6 Å². The highest BCUT2D eigenvalue weighted by molar-refractivity contribution is 5.96. The predicted molar refractivity (Wildman–Crippen MR) is 147 cm³/mol. The smallest absolute Gasteiger partial charge is 0.417 e. The van der Waals surface area contributed by atoms with Crippen LogP contribution >= 0.6 is 0 Å². The standard InChI is InChI=1S/C28H35F5N6O2/c1-6-7-10-36-13(2)11-14(3)41-26-19-24(38-27(40-5)39-25(19)35-4)22(30)23(37-26)16-12-17(34)21(29)18(15-8-9-15)20(16)28(31,32)33/h12-15,36H,6-11,34H2,1-5H3,(H,35,38,39).